The van der Waals surface area contributed by atoms with Gasteiger partial charge in [-0.05, 0) is 36.8 Å². The number of rotatable bonds is 2. The molecule has 1 saturated heterocycles. The van der Waals surface area contributed by atoms with E-state index in [4.69, 9.17) is 4.74 Å². The number of aliphatic hydroxyl groups excluding tert-OH is 1. The first-order valence-electron chi connectivity index (χ1n) is 6.53. The number of fused-ring (bicyclic) bond motifs is 1. The molecule has 1 aromatic rings. The molecule has 0 aromatic heterocycles. The number of aliphatic hydroxyl groups is 1. The third-order valence-corrected chi connectivity index (χ3v) is 4.24. The largest absolute Gasteiger partial charge is 0.389 e. The maximum Gasteiger partial charge on any atom is 0.0994 e. The van der Waals surface area contributed by atoms with Crippen LogP contribution < -0.4 is 0 Å². The lowest BCUT2D eigenvalue weighted by atomic mass is 9.77. The summed E-state index contributed by atoms with van der Waals surface area (Å²) in [5.41, 5.74) is 1.69. The van der Waals surface area contributed by atoms with Crippen LogP contribution in [0.15, 0.2) is 24.3 Å². The molecule has 3 rings (SSSR count). The van der Waals surface area contributed by atoms with Crippen molar-refractivity contribution >= 4 is 0 Å². The second kappa shape index (κ2) is 4.38. The van der Waals surface area contributed by atoms with Gasteiger partial charge >= 0.3 is 0 Å². The van der Waals surface area contributed by atoms with Crippen LogP contribution in [-0.2, 0) is 17.6 Å². The van der Waals surface area contributed by atoms with Crippen LogP contribution in [0.2, 0.25) is 0 Å². The third kappa shape index (κ3) is 1.73. The van der Waals surface area contributed by atoms with Crippen LogP contribution in [0.4, 0.5) is 0 Å². The van der Waals surface area contributed by atoms with Gasteiger partial charge in [-0.2, -0.15) is 5.26 Å². The Balaban J connectivity index is 1.87. The zero-order valence-electron chi connectivity index (χ0n) is 10.3. The minimum atomic E-state index is -0.696. The van der Waals surface area contributed by atoms with Crippen LogP contribution in [0.5, 0.6) is 0 Å². The molecule has 2 atom stereocenters. The molecular formula is C15H17NO2. The summed E-state index contributed by atoms with van der Waals surface area (Å²) in [4.78, 5) is 0. The van der Waals surface area contributed by atoms with Crippen LogP contribution in [0, 0.1) is 16.7 Å². The Bertz CT molecular complexity index is 461. The van der Waals surface area contributed by atoms with Gasteiger partial charge in [0.25, 0.3) is 0 Å². The second-order valence-corrected chi connectivity index (χ2v) is 5.39. The lowest BCUT2D eigenvalue weighted by Crippen LogP contribution is -2.43. The van der Waals surface area contributed by atoms with Gasteiger partial charge in [0.15, 0.2) is 0 Å². The van der Waals surface area contributed by atoms with Crippen molar-refractivity contribution in [1.29, 1.82) is 5.26 Å². The molecule has 2 unspecified atom stereocenters. The topological polar surface area (TPSA) is 53.2 Å². The first-order chi connectivity index (χ1) is 8.75. The van der Waals surface area contributed by atoms with Gasteiger partial charge in [0, 0.05) is 6.61 Å². The fourth-order valence-corrected chi connectivity index (χ4v) is 3.21. The Morgan fingerprint density at radius 2 is 2.00 bits per heavy atom. The standard InChI is InChI=1S/C15H17NO2/c16-10-15(14(17)13-6-3-7-18-13)8-11-4-1-2-5-12(11)9-15/h1-2,4-5,13-14,17H,3,6-9H2. The number of ether oxygens (including phenoxy) is 1. The van der Waals surface area contributed by atoms with E-state index >= 15 is 0 Å². The SMILES string of the molecule is N#CC1(C(O)C2CCCO2)Cc2ccccc2C1. The fourth-order valence-electron chi connectivity index (χ4n) is 3.21. The second-order valence-electron chi connectivity index (χ2n) is 5.39. The smallest absolute Gasteiger partial charge is 0.0994 e. The van der Waals surface area contributed by atoms with Crippen LogP contribution in [0.25, 0.3) is 0 Å². The summed E-state index contributed by atoms with van der Waals surface area (Å²) in [6, 6.07) is 10.5. The maximum atomic E-state index is 10.5. The van der Waals surface area contributed by atoms with Crippen LogP contribution in [-0.4, -0.2) is 23.9 Å². The summed E-state index contributed by atoms with van der Waals surface area (Å²) in [5, 5.41) is 20.1. The van der Waals surface area contributed by atoms with Gasteiger partial charge in [-0.1, -0.05) is 24.3 Å². The number of hydrogen-bond acceptors (Lipinski definition) is 3. The molecule has 1 aliphatic carbocycles. The normalized spacial score (nSPS) is 26.6. The molecule has 94 valence electrons. The van der Waals surface area contributed by atoms with Gasteiger partial charge in [0.2, 0.25) is 0 Å². The van der Waals surface area contributed by atoms with E-state index in [1.165, 1.54) is 11.1 Å². The summed E-state index contributed by atoms with van der Waals surface area (Å²) in [6.07, 6.45) is 2.27. The summed E-state index contributed by atoms with van der Waals surface area (Å²) in [7, 11) is 0. The highest BCUT2D eigenvalue weighted by atomic mass is 16.5. The number of hydrogen-bond donors (Lipinski definition) is 1. The summed E-state index contributed by atoms with van der Waals surface area (Å²) in [5.74, 6) is 0. The number of nitrogens with zero attached hydrogens (tertiary/aromatic N) is 1. The quantitative estimate of drug-likeness (QED) is 0.862. The van der Waals surface area contributed by atoms with Gasteiger partial charge in [0.05, 0.1) is 23.7 Å². The fraction of sp³-hybridized carbons (Fsp3) is 0.533. The summed E-state index contributed by atoms with van der Waals surface area (Å²) in [6.45, 7) is 0.705. The molecule has 1 heterocycles. The zero-order valence-corrected chi connectivity index (χ0v) is 10.3. The lowest BCUT2D eigenvalue weighted by molar-refractivity contribution is -0.0516. The third-order valence-electron chi connectivity index (χ3n) is 4.24. The Labute approximate surface area is 107 Å². The van der Waals surface area contributed by atoms with Crippen LogP contribution >= 0.6 is 0 Å². The molecular weight excluding hydrogens is 226 g/mol. The monoisotopic (exact) mass is 243 g/mol. The summed E-state index contributed by atoms with van der Waals surface area (Å²) < 4.78 is 5.55. The highest BCUT2D eigenvalue weighted by Gasteiger charge is 2.47. The van der Waals surface area contributed by atoms with Gasteiger partial charge in [-0.15, -0.1) is 0 Å². The maximum absolute atomic E-state index is 10.5. The van der Waals surface area contributed by atoms with Crippen LogP contribution in [0.3, 0.4) is 0 Å². The summed E-state index contributed by atoms with van der Waals surface area (Å²) >= 11 is 0. The predicted molar refractivity (Wildman–Crippen MR) is 66.9 cm³/mol. The molecule has 1 aliphatic heterocycles. The lowest BCUT2D eigenvalue weighted by Gasteiger charge is -2.30. The van der Waals surface area contributed by atoms with E-state index in [1.54, 1.807) is 0 Å². The minimum Gasteiger partial charge on any atom is -0.389 e. The first-order valence-corrected chi connectivity index (χ1v) is 6.53. The average molecular weight is 243 g/mol. The van der Waals surface area contributed by atoms with Crippen molar-refractivity contribution in [2.75, 3.05) is 6.61 Å². The highest BCUT2D eigenvalue weighted by Crippen LogP contribution is 2.41. The van der Waals surface area contributed by atoms with E-state index in [9.17, 15) is 10.4 Å². The van der Waals surface area contributed by atoms with Crippen molar-refractivity contribution in [3.05, 3.63) is 35.4 Å². The Morgan fingerprint density at radius 1 is 1.33 bits per heavy atom. The molecule has 3 nitrogen and oxygen atoms in total. The van der Waals surface area contributed by atoms with Crippen molar-refractivity contribution in [2.24, 2.45) is 5.41 Å². The molecule has 1 fully saturated rings. The Hall–Kier alpha value is -1.37. The molecule has 1 aromatic carbocycles. The van der Waals surface area contributed by atoms with Crippen molar-refractivity contribution in [3.8, 4) is 6.07 Å². The molecule has 0 saturated carbocycles. The molecule has 0 bridgehead atoms. The van der Waals surface area contributed by atoms with Gasteiger partial charge < -0.3 is 9.84 Å². The predicted octanol–water partition coefficient (Wildman–Crippen LogP) is 1.84. The first kappa shape index (κ1) is 11.7. The zero-order chi connectivity index (χ0) is 12.6. The van der Waals surface area contributed by atoms with E-state index in [1.807, 2.05) is 12.1 Å². The van der Waals surface area contributed by atoms with E-state index in [2.05, 4.69) is 18.2 Å². The molecule has 0 amide bonds. The van der Waals surface area contributed by atoms with Crippen LogP contribution in [0.1, 0.15) is 24.0 Å². The Morgan fingerprint density at radius 3 is 2.50 bits per heavy atom. The minimum absolute atomic E-state index is 0.168. The molecule has 0 spiro atoms. The molecule has 2 aliphatic rings. The van der Waals surface area contributed by atoms with Crippen molar-refractivity contribution < 1.29 is 9.84 Å². The van der Waals surface area contributed by atoms with E-state index < -0.39 is 11.5 Å². The van der Waals surface area contributed by atoms with E-state index in [-0.39, 0.29) is 6.10 Å². The highest BCUT2D eigenvalue weighted by molar-refractivity contribution is 5.38. The molecule has 18 heavy (non-hydrogen) atoms. The van der Waals surface area contributed by atoms with Gasteiger partial charge in [-0.3, -0.25) is 0 Å². The average Bonchev–Trinajstić information content (AvgIpc) is 3.05. The molecule has 1 N–H and O–H groups in total. The van der Waals surface area contributed by atoms with E-state index in [0.29, 0.717) is 19.4 Å². The Kier molecular flexibility index (Phi) is 2.85. The molecule has 3 heteroatoms. The number of benzene rings is 1. The van der Waals surface area contributed by atoms with Gasteiger partial charge in [-0.25, -0.2) is 0 Å². The van der Waals surface area contributed by atoms with Crippen molar-refractivity contribution in [2.45, 2.75) is 37.9 Å². The van der Waals surface area contributed by atoms with E-state index in [0.717, 1.165) is 12.8 Å². The van der Waals surface area contributed by atoms with Crippen molar-refractivity contribution in [1.82, 2.24) is 0 Å². The van der Waals surface area contributed by atoms with Gasteiger partial charge in [0.1, 0.15) is 0 Å². The van der Waals surface area contributed by atoms with Crippen molar-refractivity contribution in [3.63, 3.8) is 0 Å². The number of nitriles is 1. The molecule has 0 radical (unpaired) electrons.